The molecular formula is C22H17BrN2O6S2. The maximum atomic E-state index is 13.6. The molecular weight excluding hydrogens is 532 g/mol. The normalized spacial score (nSPS) is 18.6. The van der Waals surface area contributed by atoms with Gasteiger partial charge in [-0.15, -0.1) is 11.3 Å². The molecule has 0 bridgehead atoms. The topological polar surface area (TPSA) is 107 Å². The van der Waals surface area contributed by atoms with Crippen molar-refractivity contribution in [2.45, 2.75) is 12.3 Å². The summed E-state index contributed by atoms with van der Waals surface area (Å²) in [5, 5.41) is 11.6. The van der Waals surface area contributed by atoms with E-state index in [0.717, 1.165) is 9.37 Å². The highest BCUT2D eigenvalue weighted by atomic mass is 79.9. The molecule has 0 aliphatic carbocycles. The van der Waals surface area contributed by atoms with Gasteiger partial charge >= 0.3 is 0 Å². The fourth-order valence-corrected chi connectivity index (χ4v) is 6.85. The largest absolute Gasteiger partial charge is 0.494 e. The minimum absolute atomic E-state index is 0.127. The number of hydrogen-bond donors (Lipinski definition) is 0. The van der Waals surface area contributed by atoms with Crippen LogP contribution in [0.5, 0.6) is 5.75 Å². The summed E-state index contributed by atoms with van der Waals surface area (Å²) in [5.74, 6) is -0.137. The molecule has 8 nitrogen and oxygen atoms in total. The summed E-state index contributed by atoms with van der Waals surface area (Å²) in [7, 11) is -4.20. The molecule has 2 aromatic carbocycles. The summed E-state index contributed by atoms with van der Waals surface area (Å²) in [6.45, 7) is 2.29. The summed E-state index contributed by atoms with van der Waals surface area (Å²) in [4.78, 5) is 25.5. The van der Waals surface area contributed by atoms with E-state index >= 15 is 0 Å². The van der Waals surface area contributed by atoms with Gasteiger partial charge in [-0.3, -0.25) is 19.8 Å². The number of hydrogen-bond acceptors (Lipinski definition) is 7. The number of amides is 1. The van der Waals surface area contributed by atoms with Crippen LogP contribution in [-0.2, 0) is 14.6 Å². The van der Waals surface area contributed by atoms with Crippen molar-refractivity contribution in [1.29, 1.82) is 0 Å². The first-order valence-electron chi connectivity index (χ1n) is 9.72. The van der Waals surface area contributed by atoms with E-state index in [-0.39, 0.29) is 16.2 Å². The number of thiophene rings is 1. The van der Waals surface area contributed by atoms with Gasteiger partial charge in [0.2, 0.25) is 9.84 Å². The number of nitrogens with zero attached hydrogens (tertiary/aromatic N) is 2. The lowest BCUT2D eigenvalue weighted by molar-refractivity contribution is -0.384. The molecule has 11 heteroatoms. The Labute approximate surface area is 202 Å². The van der Waals surface area contributed by atoms with Gasteiger partial charge in [-0.2, -0.15) is 0 Å². The first-order valence-corrected chi connectivity index (χ1v) is 12.9. The zero-order valence-corrected chi connectivity index (χ0v) is 20.4. The molecule has 3 aromatic rings. The van der Waals surface area contributed by atoms with Gasteiger partial charge in [0.1, 0.15) is 10.7 Å². The van der Waals surface area contributed by atoms with Gasteiger partial charge in [-0.25, -0.2) is 8.42 Å². The number of benzene rings is 2. The number of sulfone groups is 1. The van der Waals surface area contributed by atoms with Crippen molar-refractivity contribution < 1.29 is 22.9 Å². The van der Waals surface area contributed by atoms with E-state index in [2.05, 4.69) is 15.9 Å². The van der Waals surface area contributed by atoms with Crippen LogP contribution in [0.1, 0.15) is 22.7 Å². The van der Waals surface area contributed by atoms with E-state index < -0.39 is 26.0 Å². The summed E-state index contributed by atoms with van der Waals surface area (Å²) >= 11 is 4.61. The lowest BCUT2D eigenvalue weighted by Crippen LogP contribution is -2.29. The zero-order chi connectivity index (χ0) is 23.8. The number of nitro benzene ring substituents is 1. The maximum Gasteiger partial charge on any atom is 0.271 e. The fourth-order valence-electron chi connectivity index (χ4n) is 3.53. The Morgan fingerprint density at radius 1 is 1.21 bits per heavy atom. The van der Waals surface area contributed by atoms with Crippen LogP contribution in [0.3, 0.4) is 0 Å². The number of halogens is 1. The molecule has 1 fully saturated rings. The van der Waals surface area contributed by atoms with Crippen molar-refractivity contribution in [1.82, 2.24) is 0 Å². The summed E-state index contributed by atoms with van der Waals surface area (Å²) in [6.07, 6.45) is 1.34. The summed E-state index contributed by atoms with van der Waals surface area (Å²) < 4.78 is 33.4. The average Bonchev–Trinajstić information content (AvgIpc) is 3.28. The maximum absolute atomic E-state index is 13.6. The second-order valence-electron chi connectivity index (χ2n) is 7.03. The number of rotatable bonds is 6. The van der Waals surface area contributed by atoms with Crippen LogP contribution < -0.4 is 9.64 Å². The smallest absolute Gasteiger partial charge is 0.271 e. The van der Waals surface area contributed by atoms with Crippen LogP contribution in [0.4, 0.5) is 11.4 Å². The van der Waals surface area contributed by atoms with Crippen LogP contribution in [0.15, 0.2) is 69.4 Å². The molecule has 1 saturated heterocycles. The Hall–Kier alpha value is -3.02. The molecule has 1 unspecified atom stereocenters. The van der Waals surface area contributed by atoms with Gasteiger partial charge in [-0.05, 0) is 64.8 Å². The molecule has 1 aromatic heterocycles. The third-order valence-corrected chi connectivity index (χ3v) is 8.53. The van der Waals surface area contributed by atoms with Crippen LogP contribution in [0, 0.1) is 10.1 Å². The lowest BCUT2D eigenvalue weighted by Gasteiger charge is -2.23. The highest BCUT2D eigenvalue weighted by Crippen LogP contribution is 2.44. The van der Waals surface area contributed by atoms with Crippen LogP contribution in [-0.4, -0.2) is 25.9 Å². The van der Waals surface area contributed by atoms with Crippen LogP contribution >= 0.6 is 27.3 Å². The lowest BCUT2D eigenvalue weighted by atomic mass is 10.1. The van der Waals surface area contributed by atoms with Gasteiger partial charge in [0.15, 0.2) is 5.37 Å². The van der Waals surface area contributed by atoms with Crippen molar-refractivity contribution in [3.05, 3.63) is 89.9 Å². The number of nitro groups is 1. The molecule has 1 amide bonds. The minimum atomic E-state index is -4.20. The van der Waals surface area contributed by atoms with E-state index in [1.807, 2.05) is 6.92 Å². The van der Waals surface area contributed by atoms with Gasteiger partial charge in [0.05, 0.1) is 11.5 Å². The zero-order valence-electron chi connectivity index (χ0n) is 17.2. The highest BCUT2D eigenvalue weighted by molar-refractivity contribution is 9.10. The molecule has 1 aliphatic heterocycles. The molecule has 170 valence electrons. The Morgan fingerprint density at radius 3 is 2.55 bits per heavy atom. The summed E-state index contributed by atoms with van der Waals surface area (Å²) in [6, 6.07) is 13.5. The van der Waals surface area contributed by atoms with Crippen LogP contribution in [0.2, 0.25) is 0 Å². The number of ether oxygens (including phenoxy) is 1. The third kappa shape index (κ3) is 4.43. The van der Waals surface area contributed by atoms with Crippen molar-refractivity contribution in [3.63, 3.8) is 0 Å². The Morgan fingerprint density at radius 2 is 1.94 bits per heavy atom. The van der Waals surface area contributed by atoms with E-state index in [9.17, 15) is 23.3 Å². The molecule has 4 rings (SSSR count). The van der Waals surface area contributed by atoms with Gasteiger partial charge < -0.3 is 4.74 Å². The summed E-state index contributed by atoms with van der Waals surface area (Å²) in [5.41, 5.74) is 0.197. The first kappa shape index (κ1) is 23.1. The van der Waals surface area contributed by atoms with Crippen molar-refractivity contribution in [2.75, 3.05) is 11.5 Å². The molecule has 33 heavy (non-hydrogen) atoms. The molecule has 0 spiro atoms. The van der Waals surface area contributed by atoms with Crippen molar-refractivity contribution >= 4 is 60.5 Å². The van der Waals surface area contributed by atoms with Gasteiger partial charge in [-0.1, -0.05) is 12.1 Å². The van der Waals surface area contributed by atoms with E-state index in [1.54, 1.807) is 35.7 Å². The number of anilines is 1. The van der Waals surface area contributed by atoms with Crippen LogP contribution in [0.25, 0.3) is 6.08 Å². The highest BCUT2D eigenvalue weighted by Gasteiger charge is 2.50. The number of carbonyl (C=O) groups excluding carboxylic acids is 1. The van der Waals surface area contributed by atoms with E-state index in [0.29, 0.717) is 22.9 Å². The van der Waals surface area contributed by atoms with Crippen molar-refractivity contribution in [2.24, 2.45) is 0 Å². The molecule has 1 aliphatic rings. The molecule has 1 atom stereocenters. The number of non-ortho nitro benzene ring substituents is 1. The predicted octanol–water partition coefficient (Wildman–Crippen LogP) is 5.32. The SMILES string of the molecule is CCOc1ccc(N2C(=O)/C(=C\c3cc(Br)cs3)S(=O)(=O)C2c2cccc([N+](=O)[O-])c2)cc1. The van der Waals surface area contributed by atoms with Gasteiger partial charge in [0.25, 0.3) is 11.6 Å². The standard InChI is InChI=1S/C22H17BrN2O6S2/c1-2-31-18-8-6-16(7-9-18)24-21(26)20(12-19-11-15(23)13-32-19)33(29,30)22(24)14-4-3-5-17(10-14)25(27)28/h3-13,22H,2H2,1H3/b20-12+. The van der Waals surface area contributed by atoms with E-state index in [4.69, 9.17) is 4.74 Å². The Bertz CT molecular complexity index is 1370. The molecule has 0 N–H and O–H groups in total. The number of carbonyl (C=O) groups is 1. The predicted molar refractivity (Wildman–Crippen MR) is 130 cm³/mol. The average molecular weight is 549 g/mol. The van der Waals surface area contributed by atoms with Gasteiger partial charge in [0, 0.05) is 32.6 Å². The molecule has 2 heterocycles. The van der Waals surface area contributed by atoms with Crippen molar-refractivity contribution in [3.8, 4) is 5.75 Å². The molecule has 0 radical (unpaired) electrons. The second-order valence-corrected chi connectivity index (χ2v) is 10.9. The quantitative estimate of drug-likeness (QED) is 0.234. The monoisotopic (exact) mass is 548 g/mol. The minimum Gasteiger partial charge on any atom is -0.494 e. The third-order valence-electron chi connectivity index (χ3n) is 4.92. The fraction of sp³-hybridized carbons (Fsp3) is 0.136. The molecule has 0 saturated carbocycles. The Kier molecular flexibility index (Phi) is 6.37. The first-order chi connectivity index (χ1) is 15.7. The second kappa shape index (κ2) is 9.08. The van der Waals surface area contributed by atoms with E-state index in [1.165, 1.54) is 41.7 Å². The Balaban J connectivity index is 1.89.